The van der Waals surface area contributed by atoms with E-state index in [4.69, 9.17) is 4.74 Å². The summed E-state index contributed by atoms with van der Waals surface area (Å²) in [5.74, 6) is -0.546. The summed E-state index contributed by atoms with van der Waals surface area (Å²) in [5, 5.41) is 2.42. The Morgan fingerprint density at radius 3 is 2.65 bits per heavy atom. The molecule has 1 N–H and O–H groups in total. The average Bonchev–Trinajstić information content (AvgIpc) is 3.02. The molecule has 0 aromatic heterocycles. The van der Waals surface area contributed by atoms with Gasteiger partial charge in [0.25, 0.3) is 0 Å². The minimum Gasteiger partial charge on any atom is -0.494 e. The molecule has 0 bridgehead atoms. The fourth-order valence-electron chi connectivity index (χ4n) is 2.99. The van der Waals surface area contributed by atoms with Crippen molar-refractivity contribution in [2.75, 3.05) is 39.6 Å². The van der Waals surface area contributed by atoms with Crippen LogP contribution in [-0.2, 0) is 9.59 Å². The van der Waals surface area contributed by atoms with Crippen LogP contribution in [0.3, 0.4) is 0 Å². The van der Waals surface area contributed by atoms with Crippen LogP contribution in [0.1, 0.15) is 6.42 Å². The zero-order valence-electron chi connectivity index (χ0n) is 17.7. The number of likely N-dealkylation sites (N-methyl/N-ethyl adjacent to an activating group) is 1. The van der Waals surface area contributed by atoms with Crippen molar-refractivity contribution in [2.24, 2.45) is 4.99 Å². The van der Waals surface area contributed by atoms with Gasteiger partial charge in [-0.25, -0.2) is 9.38 Å². The van der Waals surface area contributed by atoms with Gasteiger partial charge in [-0.1, -0.05) is 36.0 Å². The molecule has 164 valence electrons. The van der Waals surface area contributed by atoms with E-state index in [1.54, 1.807) is 36.3 Å². The normalized spacial score (nSPS) is 17.5. The number of benzene rings is 2. The monoisotopic (exact) mass is 444 g/mol. The van der Waals surface area contributed by atoms with Crippen LogP contribution in [0.4, 0.5) is 15.8 Å². The Hall–Kier alpha value is -2.91. The third-order valence-electron chi connectivity index (χ3n) is 4.61. The number of para-hydroxylation sites is 3. The van der Waals surface area contributed by atoms with E-state index in [9.17, 15) is 14.0 Å². The molecule has 1 heterocycles. The van der Waals surface area contributed by atoms with Crippen molar-refractivity contribution in [2.45, 2.75) is 11.7 Å². The minimum absolute atomic E-state index is 0.0821. The Balaban J connectivity index is 1.79. The smallest absolute Gasteiger partial charge is 0.242 e. The van der Waals surface area contributed by atoms with E-state index < -0.39 is 17.0 Å². The summed E-state index contributed by atoms with van der Waals surface area (Å²) < 4.78 is 19.2. The lowest BCUT2D eigenvalue weighted by Gasteiger charge is -2.19. The topological polar surface area (TPSA) is 74.2 Å². The summed E-state index contributed by atoms with van der Waals surface area (Å²) >= 11 is 1.23. The van der Waals surface area contributed by atoms with Crippen molar-refractivity contribution in [3.05, 3.63) is 54.3 Å². The largest absolute Gasteiger partial charge is 0.494 e. The fourth-order valence-corrected chi connectivity index (χ4v) is 4.17. The molecule has 3 rings (SSSR count). The number of ether oxygens (including phenoxy) is 1. The van der Waals surface area contributed by atoms with Gasteiger partial charge in [-0.15, -0.1) is 0 Å². The second-order valence-corrected chi connectivity index (χ2v) is 8.37. The number of rotatable bonds is 8. The number of thioether (sulfide) groups is 1. The number of aliphatic imine (C=N–C) groups is 1. The van der Waals surface area contributed by atoms with Crippen molar-refractivity contribution < 1.29 is 18.7 Å². The number of methoxy groups -OCH3 is 1. The number of hydrogen-bond acceptors (Lipinski definition) is 6. The maximum atomic E-state index is 13.8. The molecule has 9 heteroatoms. The predicted octanol–water partition coefficient (Wildman–Crippen LogP) is 3.36. The van der Waals surface area contributed by atoms with Gasteiger partial charge in [0, 0.05) is 19.5 Å². The standard InChI is InChI=1S/C22H25FN4O3S/c1-26(2)12-13-27-21(29)19(14-20(28)24-16-9-5-4-8-15(16)23)31-22(27)25-17-10-6-7-11-18(17)30-3/h4-11,19H,12-14H2,1-3H3,(H,24,28)/t19-/m1/s1. The number of nitrogens with zero attached hydrogens (tertiary/aromatic N) is 3. The number of amides is 2. The van der Waals surface area contributed by atoms with Crippen LogP contribution in [0.5, 0.6) is 5.75 Å². The van der Waals surface area contributed by atoms with Gasteiger partial charge < -0.3 is 15.0 Å². The highest BCUT2D eigenvalue weighted by Gasteiger charge is 2.39. The first-order valence-electron chi connectivity index (χ1n) is 9.78. The molecule has 7 nitrogen and oxygen atoms in total. The van der Waals surface area contributed by atoms with Crippen LogP contribution in [0.25, 0.3) is 0 Å². The molecule has 0 spiro atoms. The number of anilines is 1. The van der Waals surface area contributed by atoms with Gasteiger partial charge >= 0.3 is 0 Å². The lowest BCUT2D eigenvalue weighted by atomic mass is 10.2. The SMILES string of the molecule is COc1ccccc1N=C1S[C@H](CC(=O)Nc2ccccc2F)C(=O)N1CCN(C)C. The van der Waals surface area contributed by atoms with Gasteiger partial charge in [-0.2, -0.15) is 0 Å². The lowest BCUT2D eigenvalue weighted by Crippen LogP contribution is -2.38. The van der Waals surface area contributed by atoms with Crippen molar-refractivity contribution in [1.82, 2.24) is 9.80 Å². The molecule has 2 aromatic rings. The highest BCUT2D eigenvalue weighted by Crippen LogP contribution is 2.34. The second-order valence-electron chi connectivity index (χ2n) is 7.20. The Kier molecular flexibility index (Phi) is 7.64. The van der Waals surface area contributed by atoms with E-state index in [-0.39, 0.29) is 18.0 Å². The van der Waals surface area contributed by atoms with Crippen molar-refractivity contribution in [3.8, 4) is 5.75 Å². The van der Waals surface area contributed by atoms with Crippen molar-refractivity contribution >= 4 is 40.1 Å². The molecular weight excluding hydrogens is 419 g/mol. The molecule has 2 aromatic carbocycles. The summed E-state index contributed by atoms with van der Waals surface area (Å²) in [7, 11) is 5.40. The Morgan fingerprint density at radius 2 is 1.94 bits per heavy atom. The summed E-state index contributed by atoms with van der Waals surface area (Å²) in [6.45, 7) is 1.09. The molecule has 1 fully saturated rings. The third-order valence-corrected chi connectivity index (χ3v) is 5.79. The maximum Gasteiger partial charge on any atom is 0.242 e. The molecule has 1 atom stereocenters. The Bertz CT molecular complexity index is 983. The maximum absolute atomic E-state index is 13.8. The van der Waals surface area contributed by atoms with E-state index in [0.29, 0.717) is 29.7 Å². The minimum atomic E-state index is -0.637. The second kappa shape index (κ2) is 10.4. The first-order valence-corrected chi connectivity index (χ1v) is 10.7. The number of carbonyl (C=O) groups excluding carboxylic acids is 2. The molecule has 1 aliphatic heterocycles. The van der Waals surface area contributed by atoms with Gasteiger partial charge in [0.2, 0.25) is 11.8 Å². The van der Waals surface area contributed by atoms with E-state index in [1.807, 2.05) is 31.1 Å². The van der Waals surface area contributed by atoms with Crippen LogP contribution in [0.15, 0.2) is 53.5 Å². The molecule has 1 aliphatic rings. The summed E-state index contributed by atoms with van der Waals surface area (Å²) in [6.07, 6.45) is -0.0821. The van der Waals surface area contributed by atoms with Gasteiger partial charge in [-0.3, -0.25) is 14.5 Å². The first-order chi connectivity index (χ1) is 14.9. The average molecular weight is 445 g/mol. The highest BCUT2D eigenvalue weighted by atomic mass is 32.2. The third kappa shape index (κ3) is 5.83. The molecular formula is C22H25FN4O3S. The number of halogens is 1. The van der Waals surface area contributed by atoms with E-state index >= 15 is 0 Å². The number of hydrogen-bond donors (Lipinski definition) is 1. The predicted molar refractivity (Wildman–Crippen MR) is 121 cm³/mol. The van der Waals surface area contributed by atoms with Crippen molar-refractivity contribution in [3.63, 3.8) is 0 Å². The van der Waals surface area contributed by atoms with E-state index in [2.05, 4.69) is 10.3 Å². The number of carbonyl (C=O) groups is 2. The van der Waals surface area contributed by atoms with Gasteiger partial charge in [0.15, 0.2) is 5.17 Å². The van der Waals surface area contributed by atoms with Crippen LogP contribution >= 0.6 is 11.8 Å². The quantitative estimate of drug-likeness (QED) is 0.676. The summed E-state index contributed by atoms with van der Waals surface area (Å²) in [5.41, 5.74) is 0.696. The fraction of sp³-hybridized carbons (Fsp3) is 0.318. The van der Waals surface area contributed by atoms with Gasteiger partial charge in [0.05, 0.1) is 12.8 Å². The van der Waals surface area contributed by atoms with E-state index in [0.717, 1.165) is 0 Å². The molecule has 2 amide bonds. The lowest BCUT2D eigenvalue weighted by molar-refractivity contribution is -0.128. The summed E-state index contributed by atoms with van der Waals surface area (Å²) in [6, 6.07) is 13.2. The molecule has 0 saturated carbocycles. The van der Waals surface area contributed by atoms with Gasteiger partial charge in [-0.05, 0) is 38.4 Å². The van der Waals surface area contributed by atoms with Crippen LogP contribution in [-0.4, -0.2) is 66.3 Å². The Labute approximate surface area is 185 Å². The molecule has 31 heavy (non-hydrogen) atoms. The van der Waals surface area contributed by atoms with E-state index in [1.165, 1.54) is 23.9 Å². The zero-order chi connectivity index (χ0) is 22.4. The highest BCUT2D eigenvalue weighted by molar-refractivity contribution is 8.15. The number of nitrogens with one attached hydrogen (secondary N) is 1. The zero-order valence-corrected chi connectivity index (χ0v) is 18.5. The first kappa shape index (κ1) is 22.8. The Morgan fingerprint density at radius 1 is 1.23 bits per heavy atom. The van der Waals surface area contributed by atoms with Crippen molar-refractivity contribution in [1.29, 1.82) is 0 Å². The van der Waals surface area contributed by atoms with Crippen LogP contribution < -0.4 is 10.1 Å². The molecule has 0 unspecified atom stereocenters. The van der Waals surface area contributed by atoms with Gasteiger partial charge in [0.1, 0.15) is 22.5 Å². The molecule has 0 radical (unpaired) electrons. The summed E-state index contributed by atoms with van der Waals surface area (Å²) in [4.78, 5) is 33.7. The molecule has 1 saturated heterocycles. The molecule has 0 aliphatic carbocycles. The van der Waals surface area contributed by atoms with Crippen LogP contribution in [0.2, 0.25) is 0 Å². The van der Waals surface area contributed by atoms with Crippen LogP contribution in [0, 0.1) is 5.82 Å². The number of amidine groups is 1.